The number of hydrogen-bond donors (Lipinski definition) is 4. The Balaban J connectivity index is 1.47. The molecule has 0 fully saturated rings. The van der Waals surface area contributed by atoms with Gasteiger partial charge in [-0.15, -0.1) is 0 Å². The quantitative estimate of drug-likeness (QED) is 0.245. The molecule has 10 nitrogen and oxygen atoms in total. The number of rotatable bonds is 9. The first-order valence-electron chi connectivity index (χ1n) is 12.3. The number of methoxy groups -OCH3 is 1. The third kappa shape index (κ3) is 6.92. The molecule has 3 amide bonds. The molecule has 1 heterocycles. The van der Waals surface area contributed by atoms with Crippen LogP contribution in [-0.2, 0) is 36.8 Å². The summed E-state index contributed by atoms with van der Waals surface area (Å²) < 4.78 is 10.6. The lowest BCUT2D eigenvalue weighted by Gasteiger charge is -2.33. The van der Waals surface area contributed by atoms with Crippen LogP contribution in [-0.4, -0.2) is 48.1 Å². The van der Waals surface area contributed by atoms with Gasteiger partial charge in [-0.2, -0.15) is 0 Å². The molecule has 39 heavy (non-hydrogen) atoms. The van der Waals surface area contributed by atoms with Gasteiger partial charge in [0.2, 0.25) is 17.9 Å². The highest BCUT2D eigenvalue weighted by Gasteiger charge is 2.40. The molecule has 3 aromatic carbocycles. The molecule has 1 aliphatic heterocycles. The molecule has 0 unspecified atom stereocenters. The number of benzene rings is 3. The van der Waals surface area contributed by atoms with E-state index in [2.05, 4.69) is 16.0 Å². The fourth-order valence-corrected chi connectivity index (χ4v) is 4.23. The van der Waals surface area contributed by atoms with E-state index in [0.717, 1.165) is 5.56 Å². The molecule has 0 saturated heterocycles. The second-order valence-corrected chi connectivity index (χ2v) is 9.13. The normalized spacial score (nSPS) is 16.7. The number of esters is 1. The fourth-order valence-electron chi connectivity index (χ4n) is 4.23. The van der Waals surface area contributed by atoms with Crippen LogP contribution < -0.4 is 20.7 Å². The summed E-state index contributed by atoms with van der Waals surface area (Å²) in [7, 11) is 1.55. The number of carbonyl (C=O) groups excluding carboxylic acids is 4. The SMILES string of the molecule is COc1ccc(CC(=O)N[C@@H](C)C(=O)N[C@H]2c3cc(O)ccc3NC(=O)[C@@H]2OC(=O)Cc2ccccc2)cc1. The Morgan fingerprint density at radius 1 is 0.974 bits per heavy atom. The molecule has 0 aliphatic carbocycles. The summed E-state index contributed by atoms with van der Waals surface area (Å²) in [6.07, 6.45) is -1.43. The van der Waals surface area contributed by atoms with Gasteiger partial charge in [-0.3, -0.25) is 19.2 Å². The van der Waals surface area contributed by atoms with E-state index in [1.165, 1.54) is 25.1 Å². The van der Waals surface area contributed by atoms with Gasteiger partial charge in [0.25, 0.3) is 5.91 Å². The average Bonchev–Trinajstić information content (AvgIpc) is 2.91. The third-order valence-electron chi connectivity index (χ3n) is 6.23. The maximum absolute atomic E-state index is 13.1. The monoisotopic (exact) mass is 531 g/mol. The first-order chi connectivity index (χ1) is 18.7. The van der Waals surface area contributed by atoms with Gasteiger partial charge in [0.05, 0.1) is 20.0 Å². The van der Waals surface area contributed by atoms with Crippen molar-refractivity contribution in [3.63, 3.8) is 0 Å². The van der Waals surface area contributed by atoms with Crippen LogP contribution in [0.5, 0.6) is 11.5 Å². The second-order valence-electron chi connectivity index (χ2n) is 9.13. The Morgan fingerprint density at radius 3 is 2.36 bits per heavy atom. The number of phenolic OH excluding ortho intramolecular Hbond substituents is 1. The predicted molar refractivity (Wildman–Crippen MR) is 142 cm³/mol. The number of fused-ring (bicyclic) bond motifs is 1. The molecule has 1 aliphatic rings. The first-order valence-corrected chi connectivity index (χ1v) is 12.3. The standard InChI is InChI=1S/C29H29N3O7/c1-17(30-24(34)14-19-8-11-21(38-2)12-9-19)28(36)32-26-22-16-20(33)10-13-23(22)31-29(37)27(26)39-25(35)15-18-6-4-3-5-7-18/h3-13,16-17,26-27,33H,14-15H2,1-2H3,(H,30,34)(H,31,37)(H,32,36)/t17-,26-,27+/m0/s1. The molecule has 3 aromatic rings. The smallest absolute Gasteiger partial charge is 0.311 e. The molecule has 4 N–H and O–H groups in total. The number of hydrogen-bond acceptors (Lipinski definition) is 7. The summed E-state index contributed by atoms with van der Waals surface area (Å²) in [6.45, 7) is 1.50. The van der Waals surface area contributed by atoms with Crippen LogP contribution >= 0.6 is 0 Å². The maximum Gasteiger partial charge on any atom is 0.311 e. The van der Waals surface area contributed by atoms with Crippen LogP contribution in [0.1, 0.15) is 29.7 Å². The third-order valence-corrected chi connectivity index (χ3v) is 6.23. The van der Waals surface area contributed by atoms with E-state index in [-0.39, 0.29) is 24.5 Å². The lowest BCUT2D eigenvalue weighted by Crippen LogP contribution is -2.52. The zero-order chi connectivity index (χ0) is 27.9. The van der Waals surface area contributed by atoms with Crippen LogP contribution in [0.4, 0.5) is 5.69 Å². The van der Waals surface area contributed by atoms with Crippen molar-refractivity contribution in [2.24, 2.45) is 0 Å². The number of ether oxygens (including phenoxy) is 2. The highest BCUT2D eigenvalue weighted by Crippen LogP contribution is 2.35. The molecule has 3 atom stereocenters. The van der Waals surface area contributed by atoms with E-state index < -0.39 is 36.0 Å². The Hall–Kier alpha value is -4.86. The van der Waals surface area contributed by atoms with Crippen molar-refractivity contribution in [2.75, 3.05) is 12.4 Å². The number of phenols is 1. The summed E-state index contributed by atoms with van der Waals surface area (Å²) in [5, 5.41) is 18.1. The van der Waals surface area contributed by atoms with E-state index in [0.29, 0.717) is 22.6 Å². The van der Waals surface area contributed by atoms with E-state index in [1.54, 1.807) is 55.6 Å². The topological polar surface area (TPSA) is 143 Å². The molecular weight excluding hydrogens is 502 g/mol. The van der Waals surface area contributed by atoms with Gasteiger partial charge in [-0.05, 0) is 48.4 Å². The highest BCUT2D eigenvalue weighted by atomic mass is 16.5. The minimum Gasteiger partial charge on any atom is -0.508 e. The highest BCUT2D eigenvalue weighted by molar-refractivity contribution is 6.00. The minimum absolute atomic E-state index is 0.0455. The molecule has 0 spiro atoms. The molecule has 0 saturated carbocycles. The van der Waals surface area contributed by atoms with Crippen molar-refractivity contribution in [1.82, 2.24) is 10.6 Å². The van der Waals surface area contributed by atoms with Crippen molar-refractivity contribution in [1.29, 1.82) is 0 Å². The van der Waals surface area contributed by atoms with E-state index >= 15 is 0 Å². The molecule has 0 aromatic heterocycles. The number of amides is 3. The largest absolute Gasteiger partial charge is 0.508 e. The van der Waals surface area contributed by atoms with Gasteiger partial charge >= 0.3 is 5.97 Å². The molecule has 4 rings (SSSR count). The van der Waals surface area contributed by atoms with Crippen LogP contribution in [0.25, 0.3) is 0 Å². The minimum atomic E-state index is -1.40. The van der Waals surface area contributed by atoms with Crippen molar-refractivity contribution in [2.45, 2.75) is 38.0 Å². The van der Waals surface area contributed by atoms with Gasteiger partial charge in [0.15, 0.2) is 0 Å². The molecular formula is C29H29N3O7. The van der Waals surface area contributed by atoms with E-state index in [1.807, 2.05) is 6.07 Å². The lowest BCUT2D eigenvalue weighted by molar-refractivity contribution is -0.156. The summed E-state index contributed by atoms with van der Waals surface area (Å²) in [5.74, 6) is -1.71. The molecule has 202 valence electrons. The van der Waals surface area contributed by atoms with Gasteiger partial charge in [0.1, 0.15) is 23.6 Å². The van der Waals surface area contributed by atoms with Gasteiger partial charge in [0, 0.05) is 11.3 Å². The molecule has 0 bridgehead atoms. The summed E-state index contributed by atoms with van der Waals surface area (Å²) in [6, 6.07) is 18.0. The number of nitrogens with one attached hydrogen (secondary N) is 3. The second kappa shape index (κ2) is 12.1. The van der Waals surface area contributed by atoms with Crippen molar-refractivity contribution < 1.29 is 33.8 Å². The Bertz CT molecular complexity index is 1360. The summed E-state index contributed by atoms with van der Waals surface area (Å²) in [4.78, 5) is 51.3. The lowest BCUT2D eigenvalue weighted by atomic mass is 9.94. The van der Waals surface area contributed by atoms with Crippen LogP contribution in [0.15, 0.2) is 72.8 Å². The van der Waals surface area contributed by atoms with Crippen LogP contribution in [0.3, 0.4) is 0 Å². The molecule has 0 radical (unpaired) electrons. The van der Waals surface area contributed by atoms with E-state index in [9.17, 15) is 24.3 Å². The summed E-state index contributed by atoms with van der Waals surface area (Å²) >= 11 is 0. The zero-order valence-electron chi connectivity index (χ0n) is 21.5. The van der Waals surface area contributed by atoms with Gasteiger partial charge in [-0.1, -0.05) is 42.5 Å². The number of aromatic hydroxyl groups is 1. The van der Waals surface area contributed by atoms with Gasteiger partial charge in [-0.25, -0.2) is 0 Å². The van der Waals surface area contributed by atoms with Crippen molar-refractivity contribution >= 4 is 29.4 Å². The van der Waals surface area contributed by atoms with Crippen LogP contribution in [0, 0.1) is 0 Å². The van der Waals surface area contributed by atoms with Crippen LogP contribution in [0.2, 0.25) is 0 Å². The average molecular weight is 532 g/mol. The molecule has 10 heteroatoms. The van der Waals surface area contributed by atoms with E-state index in [4.69, 9.17) is 9.47 Å². The first kappa shape index (κ1) is 27.2. The van der Waals surface area contributed by atoms with Gasteiger partial charge < -0.3 is 30.5 Å². The summed E-state index contributed by atoms with van der Waals surface area (Å²) in [5.41, 5.74) is 2.15. The Labute approximate surface area is 225 Å². The Kier molecular flexibility index (Phi) is 8.45. The maximum atomic E-state index is 13.1. The predicted octanol–water partition coefficient (Wildman–Crippen LogP) is 2.41. The Morgan fingerprint density at radius 2 is 1.67 bits per heavy atom. The van der Waals surface area contributed by atoms with Crippen molar-refractivity contribution in [3.8, 4) is 11.5 Å². The zero-order valence-corrected chi connectivity index (χ0v) is 21.5. The van der Waals surface area contributed by atoms with Crippen molar-refractivity contribution in [3.05, 3.63) is 89.5 Å². The number of carbonyl (C=O) groups is 4. The fraction of sp³-hybridized carbons (Fsp3) is 0.241. The number of anilines is 1.